The largest absolute Gasteiger partial charge is 0.462 e. The van der Waals surface area contributed by atoms with Crippen molar-refractivity contribution in [3.8, 4) is 0 Å². The molecule has 1 aromatic carbocycles. The molecule has 0 aromatic heterocycles. The van der Waals surface area contributed by atoms with Gasteiger partial charge in [-0.05, 0) is 24.8 Å². The average Bonchev–Trinajstić information content (AvgIpc) is 3.10. The Morgan fingerprint density at radius 1 is 1.39 bits per heavy atom. The maximum absolute atomic E-state index is 13.8. The summed E-state index contributed by atoms with van der Waals surface area (Å²) in [4.78, 5) is 34.5. The number of esters is 1. The maximum Gasteiger partial charge on any atom is 0.310 e. The summed E-state index contributed by atoms with van der Waals surface area (Å²) in [5.74, 6) is -2.50. The fraction of sp³-hybridized carbons (Fsp3) is 0.467. The summed E-state index contributed by atoms with van der Waals surface area (Å²) in [6.07, 6.45) is 1.33. The van der Waals surface area contributed by atoms with Gasteiger partial charge >= 0.3 is 5.97 Å². The molecule has 0 spiro atoms. The van der Waals surface area contributed by atoms with Gasteiger partial charge in [-0.15, -0.1) is 0 Å². The molecule has 5 atom stereocenters. The number of amides is 1. The quantitative estimate of drug-likeness (QED) is 0.521. The first-order valence-corrected chi connectivity index (χ1v) is 7.41. The van der Waals surface area contributed by atoms with Gasteiger partial charge in [0.15, 0.2) is 0 Å². The molecule has 23 heavy (non-hydrogen) atoms. The topological polar surface area (TPSA) is 98.5 Å². The number of fused-ring (bicyclic) bond motifs is 1. The highest BCUT2D eigenvalue weighted by atomic mass is 19.1. The second-order valence-electron chi connectivity index (χ2n) is 6.33. The van der Waals surface area contributed by atoms with Crippen molar-refractivity contribution < 1.29 is 23.6 Å². The zero-order valence-corrected chi connectivity index (χ0v) is 11.9. The van der Waals surface area contributed by atoms with E-state index in [9.17, 15) is 24.1 Å². The van der Waals surface area contributed by atoms with E-state index in [4.69, 9.17) is 4.74 Å². The lowest BCUT2D eigenvalue weighted by Crippen LogP contribution is -2.36. The Kier molecular flexibility index (Phi) is 2.91. The van der Waals surface area contributed by atoms with Crippen LogP contribution in [0.25, 0.3) is 0 Å². The molecule has 0 unspecified atom stereocenters. The Bertz CT molecular complexity index is 735. The van der Waals surface area contributed by atoms with Crippen LogP contribution in [0.15, 0.2) is 18.2 Å². The summed E-state index contributed by atoms with van der Waals surface area (Å²) in [7, 11) is 0. The molecule has 120 valence electrons. The highest BCUT2D eigenvalue weighted by Gasteiger charge is 2.63. The van der Waals surface area contributed by atoms with E-state index < -0.39 is 28.5 Å². The summed E-state index contributed by atoms with van der Waals surface area (Å²) in [5, 5.41) is 13.2. The van der Waals surface area contributed by atoms with Crippen molar-refractivity contribution >= 4 is 23.3 Å². The van der Waals surface area contributed by atoms with Gasteiger partial charge in [0.2, 0.25) is 5.91 Å². The number of ether oxygens (including phenoxy) is 1. The number of non-ortho nitro benzene ring substituents is 1. The molecule has 4 rings (SSSR count). The van der Waals surface area contributed by atoms with Crippen LogP contribution in [0.5, 0.6) is 0 Å². The Labute approximate surface area is 130 Å². The van der Waals surface area contributed by atoms with Crippen LogP contribution in [-0.2, 0) is 14.3 Å². The third-order valence-electron chi connectivity index (χ3n) is 5.20. The predicted molar refractivity (Wildman–Crippen MR) is 74.8 cm³/mol. The number of carbonyl (C=O) groups is 2. The van der Waals surface area contributed by atoms with E-state index in [0.717, 1.165) is 24.6 Å². The highest BCUT2D eigenvalue weighted by Crippen LogP contribution is 2.57. The van der Waals surface area contributed by atoms with Gasteiger partial charge in [-0.25, -0.2) is 4.39 Å². The Balaban J connectivity index is 1.58. The molecular formula is C15H13FN2O5. The van der Waals surface area contributed by atoms with Crippen molar-refractivity contribution in [2.75, 3.05) is 5.32 Å². The molecular weight excluding hydrogens is 307 g/mol. The van der Waals surface area contributed by atoms with E-state index >= 15 is 0 Å². The van der Waals surface area contributed by atoms with Crippen LogP contribution in [0.2, 0.25) is 0 Å². The van der Waals surface area contributed by atoms with E-state index in [1.807, 2.05) is 0 Å². The number of carbonyl (C=O) groups excluding carboxylic acids is 2. The number of rotatable bonds is 3. The lowest BCUT2D eigenvalue weighted by molar-refractivity contribution is -0.384. The molecule has 1 saturated heterocycles. The first kappa shape index (κ1) is 14.1. The van der Waals surface area contributed by atoms with Gasteiger partial charge in [0.05, 0.1) is 22.4 Å². The third kappa shape index (κ3) is 2.01. The summed E-state index contributed by atoms with van der Waals surface area (Å²) in [6.45, 7) is 0. The number of anilines is 1. The predicted octanol–water partition coefficient (Wildman–Crippen LogP) is 1.87. The molecule has 3 aliphatic rings. The van der Waals surface area contributed by atoms with Gasteiger partial charge in [0.25, 0.3) is 5.69 Å². The number of benzene rings is 1. The number of halogens is 1. The molecule has 1 aromatic rings. The van der Waals surface area contributed by atoms with E-state index in [2.05, 4.69) is 5.32 Å². The molecule has 7 nitrogen and oxygen atoms in total. The molecule has 1 aliphatic heterocycles. The highest BCUT2D eigenvalue weighted by molar-refractivity contribution is 5.97. The van der Waals surface area contributed by atoms with Crippen LogP contribution in [0.1, 0.15) is 12.8 Å². The lowest BCUT2D eigenvalue weighted by atomic mass is 9.79. The van der Waals surface area contributed by atoms with Crippen molar-refractivity contribution in [1.82, 2.24) is 0 Å². The maximum atomic E-state index is 13.8. The molecule has 0 radical (unpaired) electrons. The second kappa shape index (κ2) is 4.74. The Hall–Kier alpha value is -2.51. The Morgan fingerprint density at radius 2 is 2.17 bits per heavy atom. The van der Waals surface area contributed by atoms with Crippen molar-refractivity contribution in [3.63, 3.8) is 0 Å². The fourth-order valence-electron chi connectivity index (χ4n) is 4.30. The molecule has 1 amide bonds. The third-order valence-corrected chi connectivity index (χ3v) is 5.20. The number of nitro benzene ring substituents is 1. The lowest BCUT2D eigenvalue weighted by Gasteiger charge is -2.23. The molecule has 2 aliphatic carbocycles. The zero-order chi connectivity index (χ0) is 16.3. The van der Waals surface area contributed by atoms with Gasteiger partial charge < -0.3 is 10.1 Å². The average molecular weight is 320 g/mol. The van der Waals surface area contributed by atoms with Crippen LogP contribution in [-0.4, -0.2) is 22.9 Å². The number of hydrogen-bond acceptors (Lipinski definition) is 5. The van der Waals surface area contributed by atoms with E-state index in [0.29, 0.717) is 6.42 Å². The van der Waals surface area contributed by atoms with Gasteiger partial charge in [-0.1, -0.05) is 0 Å². The van der Waals surface area contributed by atoms with E-state index in [1.54, 1.807) is 0 Å². The van der Waals surface area contributed by atoms with E-state index in [1.165, 1.54) is 0 Å². The minimum atomic E-state index is -0.751. The summed E-state index contributed by atoms with van der Waals surface area (Å²) in [5.41, 5.74) is -0.551. The fourth-order valence-corrected chi connectivity index (χ4v) is 4.30. The molecule has 8 heteroatoms. The monoisotopic (exact) mass is 320 g/mol. The van der Waals surface area contributed by atoms with Crippen molar-refractivity contribution in [3.05, 3.63) is 34.1 Å². The van der Waals surface area contributed by atoms with Gasteiger partial charge in [0.1, 0.15) is 11.9 Å². The second-order valence-corrected chi connectivity index (χ2v) is 6.33. The molecule has 3 fully saturated rings. The van der Waals surface area contributed by atoms with Crippen molar-refractivity contribution in [1.29, 1.82) is 0 Å². The summed E-state index contributed by atoms with van der Waals surface area (Å²) in [6, 6.07) is 2.95. The van der Waals surface area contributed by atoms with Crippen LogP contribution in [0.4, 0.5) is 15.8 Å². The smallest absolute Gasteiger partial charge is 0.310 e. The van der Waals surface area contributed by atoms with Crippen LogP contribution in [0, 0.1) is 39.6 Å². The van der Waals surface area contributed by atoms with Gasteiger partial charge in [-0.2, -0.15) is 0 Å². The number of hydrogen-bond donors (Lipinski definition) is 1. The molecule has 1 heterocycles. The van der Waals surface area contributed by atoms with Crippen molar-refractivity contribution in [2.45, 2.75) is 18.9 Å². The SMILES string of the molecule is O=C(Nc1cc([N+](=O)[O-])ccc1F)[C@@H]1[C@@H]2C[C@@H]3[C@@H]1C(=O)O[C@@H]3C2. The first-order chi connectivity index (χ1) is 11.0. The molecule has 2 saturated carbocycles. The number of nitrogens with zero attached hydrogens (tertiary/aromatic N) is 1. The van der Waals surface area contributed by atoms with Crippen LogP contribution in [0.3, 0.4) is 0 Å². The summed E-state index contributed by atoms with van der Waals surface area (Å²) >= 11 is 0. The zero-order valence-electron chi connectivity index (χ0n) is 11.9. The summed E-state index contributed by atoms with van der Waals surface area (Å²) < 4.78 is 19.1. The number of nitro groups is 1. The van der Waals surface area contributed by atoms with Crippen LogP contribution < -0.4 is 5.32 Å². The van der Waals surface area contributed by atoms with E-state index in [-0.39, 0.29) is 35.3 Å². The van der Waals surface area contributed by atoms with Crippen molar-refractivity contribution in [2.24, 2.45) is 23.7 Å². The minimum absolute atomic E-state index is 0.0446. The Morgan fingerprint density at radius 3 is 2.91 bits per heavy atom. The number of nitrogens with one attached hydrogen (secondary N) is 1. The minimum Gasteiger partial charge on any atom is -0.462 e. The van der Waals surface area contributed by atoms with Gasteiger partial charge in [0, 0.05) is 18.1 Å². The first-order valence-electron chi connectivity index (χ1n) is 7.41. The normalized spacial score (nSPS) is 33.6. The molecule has 1 N–H and O–H groups in total. The molecule has 2 bridgehead atoms. The standard InChI is InChI=1S/C15H13FN2O5/c16-9-2-1-7(18(21)22)5-10(9)17-14(19)12-6-3-8-11(4-6)23-15(20)13(8)12/h1-2,5-6,8,11-13H,3-4H2,(H,17,19)/t6-,8+,11-,12-,13+/m1/s1. The van der Waals surface area contributed by atoms with Crippen LogP contribution >= 0.6 is 0 Å². The van der Waals surface area contributed by atoms with Gasteiger partial charge in [-0.3, -0.25) is 19.7 Å².